The zero-order valence-electron chi connectivity index (χ0n) is 15.0. The maximum absolute atomic E-state index is 12.3. The minimum atomic E-state index is -0.598. The van der Waals surface area contributed by atoms with Crippen molar-refractivity contribution >= 4 is 5.97 Å². The zero-order chi connectivity index (χ0) is 17.3. The number of ether oxygens (including phenoxy) is 2. The Bertz CT molecular complexity index is 556. The van der Waals surface area contributed by atoms with Gasteiger partial charge in [0.15, 0.2) is 0 Å². The third-order valence-electron chi connectivity index (χ3n) is 4.53. The molecule has 0 bridgehead atoms. The highest BCUT2D eigenvalue weighted by Crippen LogP contribution is 2.46. The maximum Gasteiger partial charge on any atom is 0.323 e. The number of benzene rings is 1. The van der Waals surface area contributed by atoms with Crippen molar-refractivity contribution < 1.29 is 14.3 Å². The average molecular weight is 331 g/mol. The van der Waals surface area contributed by atoms with Crippen LogP contribution in [0.2, 0.25) is 0 Å². The molecule has 0 heterocycles. The molecule has 132 valence electrons. The first-order valence-electron chi connectivity index (χ1n) is 9.06. The van der Waals surface area contributed by atoms with Gasteiger partial charge in [-0.3, -0.25) is 4.79 Å². The number of hydrogen-bond acceptors (Lipinski definition) is 4. The van der Waals surface area contributed by atoms with E-state index in [4.69, 9.17) is 15.2 Å². The maximum atomic E-state index is 12.3. The van der Waals surface area contributed by atoms with Crippen molar-refractivity contribution in [3.05, 3.63) is 29.8 Å². The Balaban J connectivity index is 1.51. The summed E-state index contributed by atoms with van der Waals surface area (Å²) in [6, 6.07) is 7.19. The van der Waals surface area contributed by atoms with Crippen molar-refractivity contribution in [3.63, 3.8) is 0 Å². The van der Waals surface area contributed by atoms with E-state index in [0.29, 0.717) is 18.3 Å². The van der Waals surface area contributed by atoms with Crippen molar-refractivity contribution in [1.29, 1.82) is 0 Å². The standard InChI is InChI=1S/C20H29NO3/c1-20(2,3)24-16-10-4-13(5-11-16)12-17(21)19(22)23-18(14-6-7-14)15-8-9-15/h4-5,10-11,14-15,17-18H,6-9,12,21H2,1-3H3/t17-/m0/s1. The molecule has 1 aromatic carbocycles. The van der Waals surface area contributed by atoms with Crippen LogP contribution in [-0.4, -0.2) is 23.7 Å². The van der Waals surface area contributed by atoms with Gasteiger partial charge in [-0.05, 0) is 82.4 Å². The molecule has 3 rings (SSSR count). The second-order valence-electron chi connectivity index (χ2n) is 8.25. The van der Waals surface area contributed by atoms with Crippen LogP contribution < -0.4 is 10.5 Å². The fourth-order valence-corrected chi connectivity index (χ4v) is 3.03. The Kier molecular flexibility index (Phi) is 4.86. The van der Waals surface area contributed by atoms with Gasteiger partial charge in [-0.2, -0.15) is 0 Å². The van der Waals surface area contributed by atoms with Crippen LogP contribution in [0.4, 0.5) is 0 Å². The summed E-state index contributed by atoms with van der Waals surface area (Å²) in [5, 5.41) is 0. The van der Waals surface area contributed by atoms with Crippen LogP contribution in [0.25, 0.3) is 0 Å². The molecule has 4 nitrogen and oxygen atoms in total. The molecule has 0 radical (unpaired) electrons. The molecule has 0 saturated heterocycles. The van der Waals surface area contributed by atoms with E-state index in [0.717, 1.165) is 11.3 Å². The zero-order valence-corrected chi connectivity index (χ0v) is 15.0. The van der Waals surface area contributed by atoms with Gasteiger partial charge in [0, 0.05) is 0 Å². The predicted octanol–water partition coefficient (Wildman–Crippen LogP) is 3.47. The minimum Gasteiger partial charge on any atom is -0.488 e. The highest BCUT2D eigenvalue weighted by Gasteiger charge is 2.44. The van der Waals surface area contributed by atoms with Crippen molar-refractivity contribution in [2.45, 2.75) is 70.6 Å². The largest absolute Gasteiger partial charge is 0.488 e. The average Bonchev–Trinajstić information content (AvgIpc) is 3.37. The van der Waals surface area contributed by atoms with Gasteiger partial charge in [-0.15, -0.1) is 0 Å². The topological polar surface area (TPSA) is 61.5 Å². The quantitative estimate of drug-likeness (QED) is 0.777. The van der Waals surface area contributed by atoms with E-state index < -0.39 is 6.04 Å². The molecule has 0 amide bonds. The molecule has 0 spiro atoms. The number of esters is 1. The van der Waals surface area contributed by atoms with Crippen molar-refractivity contribution in [1.82, 2.24) is 0 Å². The van der Waals surface area contributed by atoms with Gasteiger partial charge in [0.25, 0.3) is 0 Å². The second-order valence-corrected chi connectivity index (χ2v) is 8.25. The fraction of sp³-hybridized carbons (Fsp3) is 0.650. The molecule has 24 heavy (non-hydrogen) atoms. The summed E-state index contributed by atoms with van der Waals surface area (Å²) < 4.78 is 11.5. The van der Waals surface area contributed by atoms with E-state index in [9.17, 15) is 4.79 Å². The summed E-state index contributed by atoms with van der Waals surface area (Å²) in [6.07, 6.45) is 5.39. The lowest BCUT2D eigenvalue weighted by atomic mass is 10.1. The monoisotopic (exact) mass is 331 g/mol. The van der Waals surface area contributed by atoms with E-state index >= 15 is 0 Å². The number of carbonyl (C=O) groups excluding carboxylic acids is 1. The van der Waals surface area contributed by atoms with Gasteiger partial charge in [0.1, 0.15) is 23.5 Å². The Labute approximate surface area is 144 Å². The molecule has 0 unspecified atom stereocenters. The summed E-state index contributed by atoms with van der Waals surface area (Å²) in [7, 11) is 0. The van der Waals surface area contributed by atoms with Crippen LogP contribution in [0.15, 0.2) is 24.3 Å². The van der Waals surface area contributed by atoms with Gasteiger partial charge in [0.05, 0.1) is 0 Å². The first kappa shape index (κ1) is 17.3. The Morgan fingerprint density at radius 2 is 1.67 bits per heavy atom. The lowest BCUT2D eigenvalue weighted by molar-refractivity contribution is -0.153. The molecule has 0 aliphatic heterocycles. The first-order chi connectivity index (χ1) is 11.3. The number of nitrogens with two attached hydrogens (primary N) is 1. The summed E-state index contributed by atoms with van der Waals surface area (Å²) in [5.74, 6) is 1.74. The van der Waals surface area contributed by atoms with Gasteiger partial charge in [0.2, 0.25) is 0 Å². The van der Waals surface area contributed by atoms with E-state index in [1.54, 1.807) is 0 Å². The Morgan fingerprint density at radius 1 is 1.12 bits per heavy atom. The SMILES string of the molecule is CC(C)(C)Oc1ccc(C[C@H](N)C(=O)OC(C2CC2)C2CC2)cc1. The molecule has 2 fully saturated rings. The van der Waals surface area contributed by atoms with Crippen LogP contribution in [0.1, 0.15) is 52.0 Å². The molecule has 1 aromatic rings. The van der Waals surface area contributed by atoms with Crippen molar-refractivity contribution in [2.24, 2.45) is 17.6 Å². The molecular weight excluding hydrogens is 302 g/mol. The Hall–Kier alpha value is -1.55. The van der Waals surface area contributed by atoms with Crippen molar-refractivity contribution in [3.8, 4) is 5.75 Å². The second kappa shape index (κ2) is 6.75. The van der Waals surface area contributed by atoms with Crippen LogP contribution in [0.3, 0.4) is 0 Å². The van der Waals surface area contributed by atoms with Crippen LogP contribution in [-0.2, 0) is 16.0 Å². The van der Waals surface area contributed by atoms with Gasteiger partial charge in [-0.1, -0.05) is 12.1 Å². The third-order valence-corrected chi connectivity index (χ3v) is 4.53. The van der Waals surface area contributed by atoms with Crippen LogP contribution >= 0.6 is 0 Å². The lowest BCUT2D eigenvalue weighted by Crippen LogP contribution is -2.37. The summed E-state index contributed by atoms with van der Waals surface area (Å²) in [6.45, 7) is 6.05. The number of carbonyl (C=O) groups is 1. The molecule has 0 aromatic heterocycles. The molecule has 1 atom stereocenters. The first-order valence-corrected chi connectivity index (χ1v) is 9.06. The molecule has 2 aliphatic carbocycles. The highest BCUT2D eigenvalue weighted by molar-refractivity contribution is 5.76. The third kappa shape index (κ3) is 4.97. The Morgan fingerprint density at radius 3 is 2.12 bits per heavy atom. The molecule has 2 saturated carbocycles. The number of hydrogen-bond donors (Lipinski definition) is 1. The van der Waals surface area contributed by atoms with Crippen LogP contribution in [0, 0.1) is 11.8 Å². The summed E-state index contributed by atoms with van der Waals surface area (Å²) >= 11 is 0. The smallest absolute Gasteiger partial charge is 0.323 e. The minimum absolute atomic E-state index is 0.117. The van der Waals surface area contributed by atoms with Crippen molar-refractivity contribution in [2.75, 3.05) is 0 Å². The van der Waals surface area contributed by atoms with Gasteiger partial charge in [-0.25, -0.2) is 0 Å². The van der Waals surface area contributed by atoms with Gasteiger partial charge < -0.3 is 15.2 Å². The predicted molar refractivity (Wildman–Crippen MR) is 93.8 cm³/mol. The molecular formula is C20H29NO3. The summed E-state index contributed by atoms with van der Waals surface area (Å²) in [5.41, 5.74) is 6.88. The molecule has 2 N–H and O–H groups in total. The number of rotatable bonds is 7. The highest BCUT2D eigenvalue weighted by atomic mass is 16.5. The van der Waals surface area contributed by atoms with E-state index in [2.05, 4.69) is 0 Å². The summed E-state index contributed by atoms with van der Waals surface area (Å²) in [4.78, 5) is 12.3. The van der Waals surface area contributed by atoms with Crippen LogP contribution in [0.5, 0.6) is 5.75 Å². The van der Waals surface area contributed by atoms with E-state index in [1.807, 2.05) is 45.0 Å². The molecule has 4 heteroatoms. The fourth-order valence-electron chi connectivity index (χ4n) is 3.03. The lowest BCUT2D eigenvalue weighted by Gasteiger charge is -2.22. The van der Waals surface area contributed by atoms with E-state index in [1.165, 1.54) is 25.7 Å². The normalized spacial score (nSPS) is 19.2. The molecule has 2 aliphatic rings. The van der Waals surface area contributed by atoms with Gasteiger partial charge >= 0.3 is 5.97 Å². The van der Waals surface area contributed by atoms with E-state index in [-0.39, 0.29) is 17.7 Å².